The van der Waals surface area contributed by atoms with Gasteiger partial charge in [-0.25, -0.2) is 4.98 Å². The molecule has 1 N–H and O–H groups in total. The fourth-order valence-electron chi connectivity index (χ4n) is 1.78. The Kier molecular flexibility index (Phi) is 2.68. The molecule has 0 aliphatic carbocycles. The SMILES string of the molecule is COc1ccc2c(c1)CNc1c(Cl)ncnc1O2. The second-order valence-electron chi connectivity index (χ2n) is 3.77. The van der Waals surface area contributed by atoms with Gasteiger partial charge >= 0.3 is 0 Å². The molecule has 92 valence electrons. The first kappa shape index (κ1) is 11.1. The second-order valence-corrected chi connectivity index (χ2v) is 4.13. The van der Waals surface area contributed by atoms with Crippen molar-refractivity contribution in [1.29, 1.82) is 0 Å². The molecule has 1 aromatic carbocycles. The number of benzene rings is 1. The highest BCUT2D eigenvalue weighted by Crippen LogP contribution is 2.37. The van der Waals surface area contributed by atoms with Crippen LogP contribution in [0.5, 0.6) is 17.4 Å². The summed E-state index contributed by atoms with van der Waals surface area (Å²) in [6.07, 6.45) is 1.37. The molecule has 5 nitrogen and oxygen atoms in total. The van der Waals surface area contributed by atoms with Gasteiger partial charge in [0.2, 0.25) is 5.88 Å². The third-order valence-electron chi connectivity index (χ3n) is 2.70. The third-order valence-corrected chi connectivity index (χ3v) is 2.98. The second kappa shape index (κ2) is 4.34. The zero-order chi connectivity index (χ0) is 12.5. The molecule has 2 aromatic rings. The van der Waals surface area contributed by atoms with Crippen molar-refractivity contribution in [3.63, 3.8) is 0 Å². The van der Waals surface area contributed by atoms with Gasteiger partial charge in [0.1, 0.15) is 23.5 Å². The first-order valence-corrected chi connectivity index (χ1v) is 5.75. The number of rotatable bonds is 1. The predicted octanol–water partition coefficient (Wildman–Crippen LogP) is 2.86. The monoisotopic (exact) mass is 263 g/mol. The number of aromatic nitrogens is 2. The van der Waals surface area contributed by atoms with Crippen molar-refractivity contribution < 1.29 is 9.47 Å². The normalized spacial score (nSPS) is 12.6. The molecular weight excluding hydrogens is 254 g/mol. The number of nitrogens with one attached hydrogen (secondary N) is 1. The molecule has 18 heavy (non-hydrogen) atoms. The highest BCUT2D eigenvalue weighted by molar-refractivity contribution is 6.32. The molecule has 1 aliphatic rings. The molecule has 6 heteroatoms. The lowest BCUT2D eigenvalue weighted by atomic mass is 10.2. The molecule has 0 saturated carbocycles. The molecule has 0 amide bonds. The van der Waals surface area contributed by atoms with Crippen molar-refractivity contribution in [2.45, 2.75) is 6.54 Å². The van der Waals surface area contributed by atoms with Gasteiger partial charge in [0.15, 0.2) is 5.15 Å². The third kappa shape index (κ3) is 1.82. The maximum atomic E-state index is 6.00. The highest BCUT2D eigenvalue weighted by Gasteiger charge is 2.18. The van der Waals surface area contributed by atoms with Gasteiger partial charge in [-0.1, -0.05) is 11.6 Å². The first-order chi connectivity index (χ1) is 8.78. The number of fused-ring (bicyclic) bond motifs is 2. The van der Waals surface area contributed by atoms with Crippen molar-refractivity contribution in [3.8, 4) is 17.4 Å². The Morgan fingerprint density at radius 1 is 1.39 bits per heavy atom. The van der Waals surface area contributed by atoms with Gasteiger partial charge in [-0.15, -0.1) is 0 Å². The minimum atomic E-state index is 0.347. The van der Waals surface area contributed by atoms with E-state index in [0.717, 1.165) is 17.1 Å². The number of anilines is 1. The summed E-state index contributed by atoms with van der Waals surface area (Å²) < 4.78 is 10.9. The number of halogens is 1. The van der Waals surface area contributed by atoms with E-state index in [9.17, 15) is 0 Å². The van der Waals surface area contributed by atoms with Crippen LogP contribution in [-0.4, -0.2) is 17.1 Å². The van der Waals surface area contributed by atoms with Crippen LogP contribution in [0.15, 0.2) is 24.5 Å². The molecule has 0 bridgehead atoms. The molecular formula is C12H10ClN3O2. The average molecular weight is 264 g/mol. The quantitative estimate of drug-likeness (QED) is 0.802. The number of nitrogens with zero attached hydrogens (tertiary/aromatic N) is 2. The molecule has 0 fully saturated rings. The van der Waals surface area contributed by atoms with E-state index in [1.165, 1.54) is 6.33 Å². The molecule has 0 saturated heterocycles. The zero-order valence-corrected chi connectivity index (χ0v) is 10.4. The van der Waals surface area contributed by atoms with Crippen molar-refractivity contribution in [1.82, 2.24) is 9.97 Å². The Bertz CT molecular complexity index is 604. The first-order valence-electron chi connectivity index (χ1n) is 5.37. The molecule has 1 aromatic heterocycles. The van der Waals surface area contributed by atoms with Gasteiger partial charge in [-0.05, 0) is 18.2 Å². The summed E-state index contributed by atoms with van der Waals surface area (Å²) in [7, 11) is 1.63. The van der Waals surface area contributed by atoms with Gasteiger partial charge < -0.3 is 14.8 Å². The fourth-order valence-corrected chi connectivity index (χ4v) is 1.97. The van der Waals surface area contributed by atoms with Crippen molar-refractivity contribution in [2.75, 3.05) is 12.4 Å². The maximum absolute atomic E-state index is 6.00. The van der Waals surface area contributed by atoms with Gasteiger partial charge in [0.05, 0.1) is 7.11 Å². The van der Waals surface area contributed by atoms with Crippen LogP contribution in [0.25, 0.3) is 0 Å². The van der Waals surface area contributed by atoms with Crippen LogP contribution >= 0.6 is 11.6 Å². The van der Waals surface area contributed by atoms with Crippen LogP contribution in [0.3, 0.4) is 0 Å². The number of hydrogen-bond donors (Lipinski definition) is 1. The Hall–Kier alpha value is -2.01. The van der Waals surface area contributed by atoms with E-state index in [0.29, 0.717) is 23.3 Å². The number of hydrogen-bond acceptors (Lipinski definition) is 5. The summed E-state index contributed by atoms with van der Waals surface area (Å²) in [5.74, 6) is 1.94. The molecule has 0 atom stereocenters. The van der Waals surface area contributed by atoms with E-state index < -0.39 is 0 Å². The average Bonchev–Trinajstić information content (AvgIpc) is 2.57. The summed E-state index contributed by atoms with van der Waals surface area (Å²) in [5, 5.41) is 3.51. The summed E-state index contributed by atoms with van der Waals surface area (Å²) in [6.45, 7) is 0.576. The minimum absolute atomic E-state index is 0.347. The lowest BCUT2D eigenvalue weighted by molar-refractivity contribution is 0.411. The van der Waals surface area contributed by atoms with Gasteiger partial charge in [0, 0.05) is 12.1 Å². The van der Waals surface area contributed by atoms with Crippen LogP contribution in [0, 0.1) is 0 Å². The van der Waals surface area contributed by atoms with Crippen molar-refractivity contribution >= 4 is 17.3 Å². The van der Waals surface area contributed by atoms with E-state index >= 15 is 0 Å². The van der Waals surface area contributed by atoms with Crippen molar-refractivity contribution in [2.24, 2.45) is 0 Å². The number of ether oxygens (including phenoxy) is 2. The Morgan fingerprint density at radius 2 is 2.28 bits per heavy atom. The lowest BCUT2D eigenvalue weighted by Gasteiger charge is -2.07. The van der Waals surface area contributed by atoms with E-state index in [2.05, 4.69) is 15.3 Å². The van der Waals surface area contributed by atoms with Crippen molar-refractivity contribution in [3.05, 3.63) is 35.2 Å². The Balaban J connectivity index is 2.05. The largest absolute Gasteiger partial charge is 0.497 e. The molecule has 3 rings (SSSR count). The summed E-state index contributed by atoms with van der Waals surface area (Å²) in [4.78, 5) is 7.99. The van der Waals surface area contributed by atoms with E-state index in [-0.39, 0.29) is 0 Å². The molecule has 0 radical (unpaired) electrons. The molecule has 0 spiro atoms. The minimum Gasteiger partial charge on any atom is -0.497 e. The zero-order valence-electron chi connectivity index (χ0n) is 9.61. The fraction of sp³-hybridized carbons (Fsp3) is 0.167. The van der Waals surface area contributed by atoms with Crippen LogP contribution in [0.2, 0.25) is 5.15 Å². The van der Waals surface area contributed by atoms with Gasteiger partial charge in [0.25, 0.3) is 0 Å². The van der Waals surface area contributed by atoms with Crippen LogP contribution in [0.4, 0.5) is 5.69 Å². The topological polar surface area (TPSA) is 56.3 Å². The summed E-state index contributed by atoms with van der Waals surface area (Å²) >= 11 is 6.00. The van der Waals surface area contributed by atoms with E-state index in [1.54, 1.807) is 7.11 Å². The molecule has 2 heterocycles. The Labute approximate surface area is 109 Å². The maximum Gasteiger partial charge on any atom is 0.247 e. The molecule has 0 unspecified atom stereocenters. The standard InChI is InChI=1S/C12H10ClN3O2/c1-17-8-2-3-9-7(4-8)5-14-10-11(13)15-6-16-12(10)18-9/h2-4,6,14H,5H2,1H3. The summed E-state index contributed by atoms with van der Waals surface area (Å²) in [5.41, 5.74) is 1.58. The van der Waals surface area contributed by atoms with Crippen LogP contribution in [-0.2, 0) is 6.54 Å². The highest BCUT2D eigenvalue weighted by atomic mass is 35.5. The lowest BCUT2D eigenvalue weighted by Crippen LogP contribution is -1.99. The predicted molar refractivity (Wildman–Crippen MR) is 67.4 cm³/mol. The summed E-state index contributed by atoms with van der Waals surface area (Å²) in [6, 6.07) is 5.60. The smallest absolute Gasteiger partial charge is 0.247 e. The number of methoxy groups -OCH3 is 1. The van der Waals surface area contributed by atoms with E-state index in [1.807, 2.05) is 18.2 Å². The van der Waals surface area contributed by atoms with Crippen LogP contribution in [0.1, 0.15) is 5.56 Å². The molecule has 1 aliphatic heterocycles. The van der Waals surface area contributed by atoms with Gasteiger partial charge in [-0.3, -0.25) is 0 Å². The van der Waals surface area contributed by atoms with E-state index in [4.69, 9.17) is 21.1 Å². The van der Waals surface area contributed by atoms with Gasteiger partial charge in [-0.2, -0.15) is 4.98 Å². The Morgan fingerprint density at radius 3 is 3.11 bits per heavy atom. The van der Waals surface area contributed by atoms with Crippen LogP contribution < -0.4 is 14.8 Å².